The number of fused-ring (bicyclic) bond motifs is 1. The van der Waals surface area contributed by atoms with Crippen molar-refractivity contribution in [3.05, 3.63) is 72.3 Å². The lowest BCUT2D eigenvalue weighted by molar-refractivity contribution is 0.483. The first kappa shape index (κ1) is 13.7. The maximum atomic E-state index is 6.02. The summed E-state index contributed by atoms with van der Waals surface area (Å²) in [6.45, 7) is 2.09. The average Bonchev–Trinajstić information content (AvgIpc) is 2.55. The maximum Gasteiger partial charge on any atom is 0.128 e. The Bertz CT molecular complexity index is 734. The Labute approximate surface area is 125 Å². The lowest BCUT2D eigenvalue weighted by Gasteiger charge is -2.11. The van der Waals surface area contributed by atoms with Crippen molar-refractivity contribution >= 4 is 10.8 Å². The van der Waals surface area contributed by atoms with Crippen LogP contribution in [0.25, 0.3) is 10.8 Å². The summed E-state index contributed by atoms with van der Waals surface area (Å²) in [6.07, 6.45) is 0.935. The molecule has 3 rings (SSSR count). The molecule has 3 aromatic rings. The highest BCUT2D eigenvalue weighted by Crippen LogP contribution is 2.26. The van der Waals surface area contributed by atoms with E-state index in [1.165, 1.54) is 10.8 Å². The molecule has 0 amide bonds. The first-order valence-corrected chi connectivity index (χ1v) is 7.28. The molecule has 2 heteroatoms. The fourth-order valence-corrected chi connectivity index (χ4v) is 2.39. The van der Waals surface area contributed by atoms with Crippen molar-refractivity contribution in [2.75, 3.05) is 0 Å². The Balaban J connectivity index is 1.81. The lowest BCUT2D eigenvalue weighted by atomic mass is 10.1. The number of ether oxygens (including phenoxy) is 1. The van der Waals surface area contributed by atoms with Crippen LogP contribution in [0.4, 0.5) is 0 Å². The summed E-state index contributed by atoms with van der Waals surface area (Å²) in [5.41, 5.74) is 7.16. The third-order valence-corrected chi connectivity index (χ3v) is 3.70. The quantitative estimate of drug-likeness (QED) is 0.725. The van der Waals surface area contributed by atoms with Crippen LogP contribution in [-0.2, 0) is 0 Å². The predicted molar refractivity (Wildman–Crippen MR) is 87.7 cm³/mol. The maximum absolute atomic E-state index is 6.02. The molecule has 0 aromatic heterocycles. The number of hydrogen-bond donors (Lipinski definition) is 1. The number of benzene rings is 3. The minimum Gasteiger partial charge on any atom is -0.457 e. The third-order valence-electron chi connectivity index (χ3n) is 3.70. The highest BCUT2D eigenvalue weighted by Gasteiger charge is 2.04. The van der Waals surface area contributed by atoms with Gasteiger partial charge in [0.15, 0.2) is 0 Å². The van der Waals surface area contributed by atoms with Crippen LogP contribution in [-0.4, -0.2) is 0 Å². The average molecular weight is 277 g/mol. The summed E-state index contributed by atoms with van der Waals surface area (Å²) in [6, 6.07) is 22.5. The lowest BCUT2D eigenvalue weighted by Crippen LogP contribution is -2.07. The summed E-state index contributed by atoms with van der Waals surface area (Å²) in [7, 11) is 0. The summed E-state index contributed by atoms with van der Waals surface area (Å²) in [5.74, 6) is 1.68. The normalized spacial score (nSPS) is 12.3. The second-order valence-electron chi connectivity index (χ2n) is 5.19. The second-order valence-corrected chi connectivity index (χ2v) is 5.19. The summed E-state index contributed by atoms with van der Waals surface area (Å²) < 4.78 is 5.91. The van der Waals surface area contributed by atoms with Crippen molar-refractivity contribution in [1.29, 1.82) is 0 Å². The second kappa shape index (κ2) is 5.98. The first-order chi connectivity index (χ1) is 10.3. The molecule has 0 spiro atoms. The van der Waals surface area contributed by atoms with Gasteiger partial charge in [0.05, 0.1) is 0 Å². The molecule has 1 atom stereocenters. The fraction of sp³-hybridized carbons (Fsp3) is 0.158. The molecule has 21 heavy (non-hydrogen) atoms. The molecule has 3 aromatic carbocycles. The van der Waals surface area contributed by atoms with Gasteiger partial charge in [0, 0.05) is 6.04 Å². The number of hydrogen-bond acceptors (Lipinski definition) is 2. The van der Waals surface area contributed by atoms with Crippen LogP contribution in [0.15, 0.2) is 66.7 Å². The van der Waals surface area contributed by atoms with E-state index in [1.54, 1.807) is 0 Å². The SMILES string of the molecule is CCC(N)c1ccc(Oc2ccc3ccccc3c2)cc1. The number of rotatable bonds is 4. The zero-order valence-electron chi connectivity index (χ0n) is 12.1. The van der Waals surface area contributed by atoms with E-state index < -0.39 is 0 Å². The van der Waals surface area contributed by atoms with E-state index in [0.717, 1.165) is 23.5 Å². The van der Waals surface area contributed by atoms with Crippen LogP contribution in [0.5, 0.6) is 11.5 Å². The van der Waals surface area contributed by atoms with Gasteiger partial charge in [0.25, 0.3) is 0 Å². The molecule has 0 aliphatic carbocycles. The zero-order chi connectivity index (χ0) is 14.7. The van der Waals surface area contributed by atoms with Crippen molar-refractivity contribution in [2.45, 2.75) is 19.4 Å². The topological polar surface area (TPSA) is 35.2 Å². The standard InChI is InChI=1S/C19H19NO/c1-2-19(20)15-8-10-17(11-9-15)21-18-12-7-14-5-3-4-6-16(14)13-18/h3-13,19H,2,20H2,1H3. The molecule has 0 saturated carbocycles. The molecule has 0 fully saturated rings. The fourth-order valence-electron chi connectivity index (χ4n) is 2.39. The summed E-state index contributed by atoms with van der Waals surface area (Å²) in [4.78, 5) is 0. The first-order valence-electron chi connectivity index (χ1n) is 7.28. The van der Waals surface area contributed by atoms with Gasteiger partial charge in [-0.3, -0.25) is 0 Å². The molecule has 0 aliphatic heterocycles. The van der Waals surface area contributed by atoms with Crippen LogP contribution in [0.1, 0.15) is 24.9 Å². The van der Waals surface area contributed by atoms with Crippen LogP contribution < -0.4 is 10.5 Å². The van der Waals surface area contributed by atoms with Crippen LogP contribution >= 0.6 is 0 Å². The van der Waals surface area contributed by atoms with Gasteiger partial charge in [-0.2, -0.15) is 0 Å². The predicted octanol–water partition coefficient (Wildman–Crippen LogP) is 5.04. The smallest absolute Gasteiger partial charge is 0.128 e. The monoisotopic (exact) mass is 277 g/mol. The highest BCUT2D eigenvalue weighted by molar-refractivity contribution is 5.83. The minimum absolute atomic E-state index is 0.0970. The molecule has 1 unspecified atom stereocenters. The van der Waals surface area contributed by atoms with E-state index in [1.807, 2.05) is 42.5 Å². The van der Waals surface area contributed by atoms with Gasteiger partial charge in [-0.25, -0.2) is 0 Å². The van der Waals surface area contributed by atoms with E-state index in [4.69, 9.17) is 10.5 Å². The van der Waals surface area contributed by atoms with Gasteiger partial charge in [-0.1, -0.05) is 49.4 Å². The van der Waals surface area contributed by atoms with Crippen LogP contribution in [0, 0.1) is 0 Å². The molecule has 2 nitrogen and oxygen atoms in total. The summed E-state index contributed by atoms with van der Waals surface area (Å²) >= 11 is 0. The Morgan fingerprint density at radius 3 is 2.24 bits per heavy atom. The van der Waals surface area contributed by atoms with E-state index in [2.05, 4.69) is 31.2 Å². The largest absolute Gasteiger partial charge is 0.457 e. The van der Waals surface area contributed by atoms with E-state index >= 15 is 0 Å². The van der Waals surface area contributed by atoms with Crippen molar-refractivity contribution in [1.82, 2.24) is 0 Å². The minimum atomic E-state index is 0.0970. The van der Waals surface area contributed by atoms with Crippen molar-refractivity contribution < 1.29 is 4.74 Å². The summed E-state index contributed by atoms with van der Waals surface area (Å²) in [5, 5.41) is 2.40. The van der Waals surface area contributed by atoms with E-state index in [-0.39, 0.29) is 6.04 Å². The third kappa shape index (κ3) is 3.06. The Kier molecular flexibility index (Phi) is 3.89. The molecule has 106 valence electrons. The van der Waals surface area contributed by atoms with Gasteiger partial charge >= 0.3 is 0 Å². The van der Waals surface area contributed by atoms with Gasteiger partial charge in [-0.05, 0) is 47.0 Å². The van der Waals surface area contributed by atoms with E-state index in [9.17, 15) is 0 Å². The molecule has 0 saturated heterocycles. The number of nitrogens with two attached hydrogens (primary N) is 1. The van der Waals surface area contributed by atoms with Crippen molar-refractivity contribution in [3.8, 4) is 11.5 Å². The van der Waals surface area contributed by atoms with Crippen molar-refractivity contribution in [2.24, 2.45) is 5.73 Å². The molecule has 0 aliphatic rings. The molecule has 0 heterocycles. The zero-order valence-corrected chi connectivity index (χ0v) is 12.1. The van der Waals surface area contributed by atoms with Gasteiger partial charge < -0.3 is 10.5 Å². The van der Waals surface area contributed by atoms with Gasteiger partial charge in [0.1, 0.15) is 11.5 Å². The Morgan fingerprint density at radius 1 is 0.857 bits per heavy atom. The van der Waals surface area contributed by atoms with Gasteiger partial charge in [0.2, 0.25) is 0 Å². The molecular weight excluding hydrogens is 258 g/mol. The van der Waals surface area contributed by atoms with Gasteiger partial charge in [-0.15, -0.1) is 0 Å². The van der Waals surface area contributed by atoms with Crippen molar-refractivity contribution in [3.63, 3.8) is 0 Å². The van der Waals surface area contributed by atoms with Crippen LogP contribution in [0.3, 0.4) is 0 Å². The Hall–Kier alpha value is -2.32. The molecule has 0 bridgehead atoms. The van der Waals surface area contributed by atoms with Crippen LogP contribution in [0.2, 0.25) is 0 Å². The Morgan fingerprint density at radius 2 is 1.52 bits per heavy atom. The molecular formula is C19H19NO. The van der Waals surface area contributed by atoms with E-state index in [0.29, 0.717) is 0 Å². The molecule has 2 N–H and O–H groups in total. The highest BCUT2D eigenvalue weighted by atomic mass is 16.5. The molecule has 0 radical (unpaired) electrons.